The van der Waals surface area contributed by atoms with E-state index in [1.54, 1.807) is 30.3 Å². The summed E-state index contributed by atoms with van der Waals surface area (Å²) in [6, 6.07) is 12.7. The number of hydrazine groups is 1. The number of hydrogen-bond donors (Lipinski definition) is 3. The van der Waals surface area contributed by atoms with Gasteiger partial charge >= 0.3 is 0 Å². The van der Waals surface area contributed by atoms with Crippen molar-refractivity contribution in [3.8, 4) is 0 Å². The fourth-order valence-corrected chi connectivity index (χ4v) is 2.85. The quantitative estimate of drug-likeness (QED) is 0.445. The van der Waals surface area contributed by atoms with E-state index in [1.807, 2.05) is 6.26 Å². The van der Waals surface area contributed by atoms with E-state index in [-0.39, 0.29) is 11.3 Å². The SMILES string of the molecule is CSCC[C@@H](NC(=O)c1ccccc1)C(=O)NNC(=O)c1cccc([N+](=O)[O-])c1. The molecule has 152 valence electrons. The molecule has 0 aromatic heterocycles. The van der Waals surface area contributed by atoms with Crippen molar-refractivity contribution in [2.75, 3.05) is 12.0 Å². The highest BCUT2D eigenvalue weighted by atomic mass is 32.2. The number of nitro groups is 1. The maximum Gasteiger partial charge on any atom is 0.270 e. The number of hydrogen-bond acceptors (Lipinski definition) is 6. The molecule has 1 atom stereocenters. The largest absolute Gasteiger partial charge is 0.340 e. The molecule has 2 aromatic carbocycles. The second-order valence-corrected chi connectivity index (χ2v) is 6.91. The second-order valence-electron chi connectivity index (χ2n) is 5.92. The minimum Gasteiger partial charge on any atom is -0.340 e. The zero-order valence-corrected chi connectivity index (χ0v) is 16.4. The third-order valence-electron chi connectivity index (χ3n) is 3.89. The molecule has 0 saturated carbocycles. The van der Waals surface area contributed by atoms with E-state index >= 15 is 0 Å². The lowest BCUT2D eigenvalue weighted by Crippen LogP contribution is -2.52. The molecule has 0 fully saturated rings. The summed E-state index contributed by atoms with van der Waals surface area (Å²) in [7, 11) is 0. The van der Waals surface area contributed by atoms with E-state index in [4.69, 9.17) is 0 Å². The van der Waals surface area contributed by atoms with Crippen LogP contribution in [0.1, 0.15) is 27.1 Å². The number of carbonyl (C=O) groups excluding carboxylic acids is 3. The van der Waals surface area contributed by atoms with Crippen LogP contribution in [0.2, 0.25) is 0 Å². The molecule has 3 N–H and O–H groups in total. The van der Waals surface area contributed by atoms with Gasteiger partial charge in [-0.1, -0.05) is 24.3 Å². The molecule has 0 unspecified atom stereocenters. The first-order valence-electron chi connectivity index (χ1n) is 8.62. The number of nitro benzene ring substituents is 1. The molecule has 2 aromatic rings. The summed E-state index contributed by atoms with van der Waals surface area (Å²) in [4.78, 5) is 47.2. The number of nitrogens with zero attached hydrogens (tertiary/aromatic N) is 1. The number of nitrogens with one attached hydrogen (secondary N) is 3. The summed E-state index contributed by atoms with van der Waals surface area (Å²) in [6.07, 6.45) is 2.23. The lowest BCUT2D eigenvalue weighted by molar-refractivity contribution is -0.384. The Balaban J connectivity index is 2.00. The Hall–Kier alpha value is -3.40. The molecule has 0 heterocycles. The maximum absolute atomic E-state index is 12.5. The Labute approximate surface area is 171 Å². The van der Waals surface area contributed by atoms with Crippen molar-refractivity contribution in [1.82, 2.24) is 16.2 Å². The van der Waals surface area contributed by atoms with Gasteiger partial charge in [-0.15, -0.1) is 0 Å². The van der Waals surface area contributed by atoms with Crippen molar-refractivity contribution < 1.29 is 19.3 Å². The Morgan fingerprint density at radius 3 is 2.34 bits per heavy atom. The maximum atomic E-state index is 12.5. The van der Waals surface area contributed by atoms with Crippen LogP contribution >= 0.6 is 11.8 Å². The predicted molar refractivity (Wildman–Crippen MR) is 109 cm³/mol. The zero-order valence-electron chi connectivity index (χ0n) is 15.6. The highest BCUT2D eigenvalue weighted by Crippen LogP contribution is 2.12. The summed E-state index contributed by atoms with van der Waals surface area (Å²) < 4.78 is 0. The number of carbonyl (C=O) groups is 3. The van der Waals surface area contributed by atoms with Crippen molar-refractivity contribution in [1.29, 1.82) is 0 Å². The first kappa shape index (κ1) is 21.9. The van der Waals surface area contributed by atoms with Gasteiger partial charge in [-0.25, -0.2) is 0 Å². The molecule has 3 amide bonds. The number of rotatable bonds is 8. The van der Waals surface area contributed by atoms with Gasteiger partial charge in [0.15, 0.2) is 0 Å². The van der Waals surface area contributed by atoms with Gasteiger partial charge in [0.25, 0.3) is 23.4 Å². The molecule has 0 aliphatic rings. The average molecular weight is 416 g/mol. The highest BCUT2D eigenvalue weighted by molar-refractivity contribution is 7.98. The Morgan fingerprint density at radius 2 is 1.69 bits per heavy atom. The minimum absolute atomic E-state index is 0.0217. The summed E-state index contributed by atoms with van der Waals surface area (Å²) in [6.45, 7) is 0. The lowest BCUT2D eigenvalue weighted by atomic mass is 10.1. The van der Waals surface area contributed by atoms with Crippen molar-refractivity contribution >= 4 is 35.2 Å². The molecular weight excluding hydrogens is 396 g/mol. The average Bonchev–Trinajstić information content (AvgIpc) is 2.75. The van der Waals surface area contributed by atoms with E-state index in [0.717, 1.165) is 6.07 Å². The monoisotopic (exact) mass is 416 g/mol. The molecule has 0 aliphatic heterocycles. The number of non-ortho nitro benzene ring substituents is 1. The summed E-state index contributed by atoms with van der Waals surface area (Å²) in [5.74, 6) is -1.09. The molecule has 0 spiro atoms. The smallest absolute Gasteiger partial charge is 0.270 e. The van der Waals surface area contributed by atoms with Gasteiger partial charge in [0, 0.05) is 23.3 Å². The molecule has 29 heavy (non-hydrogen) atoms. The summed E-state index contributed by atoms with van der Waals surface area (Å²) in [5.41, 5.74) is 4.67. The molecule has 2 rings (SSSR count). The first-order valence-corrected chi connectivity index (χ1v) is 10.0. The third-order valence-corrected chi connectivity index (χ3v) is 4.53. The van der Waals surface area contributed by atoms with Crippen molar-refractivity contribution in [2.24, 2.45) is 0 Å². The summed E-state index contributed by atoms with van der Waals surface area (Å²) >= 11 is 1.51. The predicted octanol–water partition coefficient (Wildman–Crippen LogP) is 1.91. The Kier molecular flexibility index (Phi) is 8.16. The molecule has 9 nitrogen and oxygen atoms in total. The standard InChI is InChI=1S/C19H20N4O5S/c1-29-11-10-16(20-17(24)13-6-3-2-4-7-13)19(26)22-21-18(25)14-8-5-9-15(12-14)23(27)28/h2-9,12,16H,10-11H2,1H3,(H,20,24)(H,21,25)(H,22,26)/t16-/m1/s1. The van der Waals surface area contributed by atoms with E-state index < -0.39 is 28.7 Å². The molecule has 0 aliphatic carbocycles. The molecule has 0 saturated heterocycles. The molecular formula is C19H20N4O5S. The third kappa shape index (κ3) is 6.61. The van der Waals surface area contributed by atoms with Crippen molar-refractivity contribution in [3.63, 3.8) is 0 Å². The number of amides is 3. The van der Waals surface area contributed by atoms with Gasteiger partial charge < -0.3 is 5.32 Å². The topological polar surface area (TPSA) is 130 Å². The van der Waals surface area contributed by atoms with Crippen LogP contribution in [-0.4, -0.2) is 40.7 Å². The summed E-state index contributed by atoms with van der Waals surface area (Å²) in [5, 5.41) is 13.5. The van der Waals surface area contributed by atoms with Crippen LogP contribution in [0.15, 0.2) is 54.6 Å². The lowest BCUT2D eigenvalue weighted by Gasteiger charge is -2.18. The normalized spacial score (nSPS) is 11.2. The van der Waals surface area contributed by atoms with Crippen LogP contribution < -0.4 is 16.2 Å². The molecule has 0 bridgehead atoms. The van der Waals surface area contributed by atoms with Gasteiger partial charge in [0.2, 0.25) is 0 Å². The fourth-order valence-electron chi connectivity index (χ4n) is 2.37. The van der Waals surface area contributed by atoms with E-state index in [9.17, 15) is 24.5 Å². The minimum atomic E-state index is -0.861. The Bertz CT molecular complexity index is 891. The fraction of sp³-hybridized carbons (Fsp3) is 0.211. The van der Waals surface area contributed by atoms with E-state index in [2.05, 4.69) is 16.2 Å². The Morgan fingerprint density at radius 1 is 1.00 bits per heavy atom. The van der Waals surface area contributed by atoms with Crippen molar-refractivity contribution in [3.05, 3.63) is 75.8 Å². The van der Waals surface area contributed by atoms with Crippen LogP contribution in [0.25, 0.3) is 0 Å². The van der Waals surface area contributed by atoms with Crippen LogP contribution in [0.5, 0.6) is 0 Å². The molecule has 10 heteroatoms. The van der Waals surface area contributed by atoms with Gasteiger partial charge in [0.05, 0.1) is 4.92 Å². The van der Waals surface area contributed by atoms with E-state index in [0.29, 0.717) is 17.7 Å². The van der Waals surface area contributed by atoms with Crippen molar-refractivity contribution in [2.45, 2.75) is 12.5 Å². The molecule has 0 radical (unpaired) electrons. The van der Waals surface area contributed by atoms with E-state index in [1.165, 1.54) is 30.0 Å². The number of benzene rings is 2. The highest BCUT2D eigenvalue weighted by Gasteiger charge is 2.22. The first-order chi connectivity index (χ1) is 13.9. The van der Waals surface area contributed by atoms with Crippen LogP contribution in [0.4, 0.5) is 5.69 Å². The van der Waals surface area contributed by atoms with Crippen LogP contribution in [0, 0.1) is 10.1 Å². The van der Waals surface area contributed by atoms with Gasteiger partial charge in [-0.3, -0.25) is 35.3 Å². The van der Waals surface area contributed by atoms with Crippen LogP contribution in [-0.2, 0) is 4.79 Å². The second kappa shape index (κ2) is 10.8. The van der Waals surface area contributed by atoms with Gasteiger partial charge in [-0.05, 0) is 36.6 Å². The van der Waals surface area contributed by atoms with Gasteiger partial charge in [-0.2, -0.15) is 11.8 Å². The van der Waals surface area contributed by atoms with Crippen LogP contribution in [0.3, 0.4) is 0 Å². The zero-order chi connectivity index (χ0) is 21.2. The number of thioether (sulfide) groups is 1. The van der Waals surface area contributed by atoms with Gasteiger partial charge in [0.1, 0.15) is 6.04 Å².